The van der Waals surface area contributed by atoms with Crippen LogP contribution < -0.4 is 11.1 Å². The highest BCUT2D eigenvalue weighted by Crippen LogP contribution is 2.43. The van der Waals surface area contributed by atoms with E-state index in [9.17, 15) is 0 Å². The zero-order valence-electron chi connectivity index (χ0n) is 8.97. The smallest absolute Gasteiger partial charge is 0.00199 e. The van der Waals surface area contributed by atoms with E-state index in [4.69, 9.17) is 5.73 Å². The molecule has 0 radical (unpaired) electrons. The van der Waals surface area contributed by atoms with Crippen LogP contribution >= 0.6 is 0 Å². The van der Waals surface area contributed by atoms with E-state index in [1.165, 1.54) is 25.8 Å². The molecule has 1 aliphatic rings. The summed E-state index contributed by atoms with van der Waals surface area (Å²) in [4.78, 5) is 2.22. The molecule has 3 heteroatoms. The summed E-state index contributed by atoms with van der Waals surface area (Å²) in [5.41, 5.74) is 6.17. The summed E-state index contributed by atoms with van der Waals surface area (Å²) in [7, 11) is 4.23. The van der Waals surface area contributed by atoms with Crippen molar-refractivity contribution in [2.24, 2.45) is 11.1 Å². The van der Waals surface area contributed by atoms with Gasteiger partial charge in [0.1, 0.15) is 0 Å². The quantitative estimate of drug-likeness (QED) is 0.559. The van der Waals surface area contributed by atoms with Crippen LogP contribution in [-0.4, -0.2) is 45.2 Å². The molecule has 0 amide bonds. The lowest BCUT2D eigenvalue weighted by molar-refractivity contribution is 0.385. The number of nitrogens with two attached hydrogens (primary N) is 1. The summed E-state index contributed by atoms with van der Waals surface area (Å²) in [5, 5.41) is 3.49. The zero-order valence-corrected chi connectivity index (χ0v) is 8.97. The lowest BCUT2D eigenvalue weighted by Crippen LogP contribution is -2.31. The summed E-state index contributed by atoms with van der Waals surface area (Å²) in [6.07, 6.45) is 3.88. The molecule has 0 saturated heterocycles. The van der Waals surface area contributed by atoms with E-state index < -0.39 is 0 Å². The van der Waals surface area contributed by atoms with E-state index in [1.54, 1.807) is 0 Å². The van der Waals surface area contributed by atoms with Gasteiger partial charge in [0.25, 0.3) is 0 Å². The molecular formula is C10H23N3. The summed E-state index contributed by atoms with van der Waals surface area (Å²) in [5.74, 6) is 0. The van der Waals surface area contributed by atoms with Gasteiger partial charge in [0.05, 0.1) is 0 Å². The Bertz CT molecular complexity index is 141. The normalized spacial score (nSPS) is 19.4. The highest BCUT2D eigenvalue weighted by Gasteiger charge is 2.40. The second-order valence-corrected chi connectivity index (χ2v) is 4.54. The summed E-state index contributed by atoms with van der Waals surface area (Å²) in [6.45, 7) is 4.27. The highest BCUT2D eigenvalue weighted by molar-refractivity contribution is 4.95. The standard InChI is InChI=1S/C10H23N3/c1-13(2)7-3-6-12-9-10(8-11)4-5-10/h12H,3-9,11H2,1-2H3. The molecule has 3 N–H and O–H groups in total. The Morgan fingerprint density at radius 3 is 2.54 bits per heavy atom. The molecule has 1 fully saturated rings. The Balaban J connectivity index is 1.90. The minimum atomic E-state index is 0.484. The van der Waals surface area contributed by atoms with Crippen LogP contribution in [0.25, 0.3) is 0 Å². The molecule has 1 rings (SSSR count). The van der Waals surface area contributed by atoms with Crippen LogP contribution in [0, 0.1) is 5.41 Å². The fourth-order valence-corrected chi connectivity index (χ4v) is 1.50. The molecule has 0 aromatic carbocycles. The first-order valence-electron chi connectivity index (χ1n) is 5.24. The molecule has 1 aliphatic carbocycles. The van der Waals surface area contributed by atoms with Crippen molar-refractivity contribution in [2.75, 3.05) is 40.3 Å². The predicted molar refractivity (Wildman–Crippen MR) is 56.8 cm³/mol. The van der Waals surface area contributed by atoms with Crippen molar-refractivity contribution in [1.82, 2.24) is 10.2 Å². The van der Waals surface area contributed by atoms with Crippen molar-refractivity contribution in [2.45, 2.75) is 19.3 Å². The second-order valence-electron chi connectivity index (χ2n) is 4.54. The lowest BCUT2D eigenvalue weighted by atomic mass is 10.1. The van der Waals surface area contributed by atoms with Gasteiger partial charge in [0.15, 0.2) is 0 Å². The van der Waals surface area contributed by atoms with Crippen LogP contribution in [0.2, 0.25) is 0 Å². The van der Waals surface area contributed by atoms with Crippen molar-refractivity contribution in [3.8, 4) is 0 Å². The minimum absolute atomic E-state index is 0.484. The number of rotatable bonds is 7. The third kappa shape index (κ3) is 4.07. The van der Waals surface area contributed by atoms with Crippen molar-refractivity contribution >= 4 is 0 Å². The van der Waals surface area contributed by atoms with Gasteiger partial charge >= 0.3 is 0 Å². The summed E-state index contributed by atoms with van der Waals surface area (Å²) in [6, 6.07) is 0. The first kappa shape index (κ1) is 11.0. The largest absolute Gasteiger partial charge is 0.330 e. The highest BCUT2D eigenvalue weighted by atomic mass is 15.1. The van der Waals surface area contributed by atoms with Crippen LogP contribution in [-0.2, 0) is 0 Å². The van der Waals surface area contributed by atoms with Crippen LogP contribution in [0.4, 0.5) is 0 Å². The number of nitrogens with zero attached hydrogens (tertiary/aromatic N) is 1. The number of hydrogen-bond acceptors (Lipinski definition) is 3. The van der Waals surface area contributed by atoms with E-state index in [2.05, 4.69) is 24.3 Å². The molecule has 13 heavy (non-hydrogen) atoms. The molecule has 0 atom stereocenters. The van der Waals surface area contributed by atoms with Crippen LogP contribution in [0.3, 0.4) is 0 Å². The number of nitrogens with one attached hydrogen (secondary N) is 1. The minimum Gasteiger partial charge on any atom is -0.330 e. The molecule has 0 aliphatic heterocycles. The first-order chi connectivity index (χ1) is 6.18. The Morgan fingerprint density at radius 1 is 1.38 bits per heavy atom. The first-order valence-corrected chi connectivity index (χ1v) is 5.24. The van der Waals surface area contributed by atoms with Crippen LogP contribution in [0.5, 0.6) is 0 Å². The number of hydrogen-bond donors (Lipinski definition) is 2. The van der Waals surface area contributed by atoms with E-state index in [0.717, 1.165) is 19.6 Å². The van der Waals surface area contributed by atoms with Gasteiger partial charge in [-0.25, -0.2) is 0 Å². The summed E-state index contributed by atoms with van der Waals surface area (Å²) < 4.78 is 0. The van der Waals surface area contributed by atoms with Crippen molar-refractivity contribution in [3.63, 3.8) is 0 Å². The third-order valence-electron chi connectivity index (χ3n) is 2.85. The zero-order chi connectivity index (χ0) is 9.73. The SMILES string of the molecule is CN(C)CCCNCC1(CN)CC1. The monoisotopic (exact) mass is 185 g/mol. The van der Waals surface area contributed by atoms with E-state index in [1.807, 2.05) is 0 Å². The Labute approximate surface area is 81.7 Å². The fraction of sp³-hybridized carbons (Fsp3) is 1.00. The molecule has 78 valence electrons. The van der Waals surface area contributed by atoms with E-state index >= 15 is 0 Å². The predicted octanol–water partition coefficient (Wildman–Crippen LogP) is 0.267. The van der Waals surface area contributed by atoms with Gasteiger partial charge in [0, 0.05) is 6.54 Å². The molecule has 0 unspecified atom stereocenters. The van der Waals surface area contributed by atoms with Crippen molar-refractivity contribution < 1.29 is 0 Å². The second kappa shape index (κ2) is 4.94. The maximum Gasteiger partial charge on any atom is 0.00199 e. The van der Waals surface area contributed by atoms with Gasteiger partial charge in [-0.1, -0.05) is 0 Å². The van der Waals surface area contributed by atoms with Gasteiger partial charge in [-0.15, -0.1) is 0 Å². The Morgan fingerprint density at radius 2 is 2.08 bits per heavy atom. The van der Waals surface area contributed by atoms with Crippen molar-refractivity contribution in [3.05, 3.63) is 0 Å². The average molecular weight is 185 g/mol. The van der Waals surface area contributed by atoms with Gasteiger partial charge in [-0.05, 0) is 58.4 Å². The van der Waals surface area contributed by atoms with Gasteiger partial charge in [-0.2, -0.15) is 0 Å². The maximum absolute atomic E-state index is 5.68. The van der Waals surface area contributed by atoms with E-state index in [-0.39, 0.29) is 0 Å². The Kier molecular flexibility index (Phi) is 4.16. The topological polar surface area (TPSA) is 41.3 Å². The molecular weight excluding hydrogens is 162 g/mol. The third-order valence-corrected chi connectivity index (χ3v) is 2.85. The average Bonchev–Trinajstić information content (AvgIpc) is 2.84. The van der Waals surface area contributed by atoms with E-state index in [0.29, 0.717) is 5.41 Å². The molecule has 1 saturated carbocycles. The molecule has 0 aromatic rings. The Hall–Kier alpha value is -0.120. The molecule has 0 spiro atoms. The van der Waals surface area contributed by atoms with Crippen LogP contribution in [0.15, 0.2) is 0 Å². The molecule has 0 bridgehead atoms. The molecule has 0 aromatic heterocycles. The van der Waals surface area contributed by atoms with Crippen molar-refractivity contribution in [1.29, 1.82) is 0 Å². The summed E-state index contributed by atoms with van der Waals surface area (Å²) >= 11 is 0. The molecule has 0 heterocycles. The fourth-order valence-electron chi connectivity index (χ4n) is 1.50. The lowest BCUT2D eigenvalue weighted by Gasteiger charge is -2.14. The van der Waals surface area contributed by atoms with Gasteiger partial charge in [-0.3, -0.25) is 0 Å². The van der Waals surface area contributed by atoms with Crippen LogP contribution in [0.1, 0.15) is 19.3 Å². The maximum atomic E-state index is 5.68. The van der Waals surface area contributed by atoms with Gasteiger partial charge in [0.2, 0.25) is 0 Å². The van der Waals surface area contributed by atoms with Gasteiger partial charge < -0.3 is 16.0 Å². The molecule has 3 nitrogen and oxygen atoms in total.